The van der Waals surface area contributed by atoms with Crippen molar-refractivity contribution in [2.45, 2.75) is 58.7 Å². The van der Waals surface area contributed by atoms with E-state index in [0.717, 1.165) is 0 Å². The zero-order valence-electron chi connectivity index (χ0n) is 44.5. The van der Waals surface area contributed by atoms with E-state index in [4.69, 9.17) is 0 Å². The molecule has 0 amide bonds. The maximum atomic E-state index is 2.41. The molecule has 0 aliphatic carbocycles. The van der Waals surface area contributed by atoms with Gasteiger partial charge in [-0.25, -0.2) is 0 Å². The van der Waals surface area contributed by atoms with Gasteiger partial charge in [0.1, 0.15) is 0 Å². The molecule has 6 aliphatic rings. The predicted molar refractivity (Wildman–Crippen MR) is 364 cm³/mol. The Bertz CT molecular complexity index is 5070. The molecule has 14 aromatic carbocycles. The van der Waals surface area contributed by atoms with Crippen molar-refractivity contribution < 1.29 is 0 Å². The molecule has 6 aliphatic heterocycles. The van der Waals surface area contributed by atoms with Gasteiger partial charge >= 0.3 is 0 Å². The van der Waals surface area contributed by atoms with E-state index in [1.165, 1.54) is 162 Å². The molecule has 0 nitrogen and oxygen atoms in total. The molecule has 384 valence electrons. The normalized spacial score (nSPS) is 13.9. The minimum absolute atomic E-state index is 0.308. The van der Waals surface area contributed by atoms with Gasteiger partial charge in [-0.3, -0.25) is 0 Å². The number of benzene rings is 14. The fraction of sp³-hybridized carbons (Fsp3) is 0. The van der Waals surface area contributed by atoms with Crippen molar-refractivity contribution in [3.8, 4) is 0 Å². The maximum Gasteiger partial charge on any atom is 0.247 e. The van der Waals surface area contributed by atoms with Crippen molar-refractivity contribution in [1.82, 2.24) is 0 Å². The van der Waals surface area contributed by atoms with Crippen LogP contribution in [0.3, 0.4) is 0 Å². The summed E-state index contributed by atoms with van der Waals surface area (Å²) in [5.74, 6) is 0. The molecule has 0 aromatic heterocycles. The molecule has 0 radical (unpaired) electrons. The largest absolute Gasteiger partial charge is 0.247 e. The summed E-state index contributed by atoms with van der Waals surface area (Å²) in [5, 5.41) is 13.5. The van der Waals surface area contributed by atoms with Gasteiger partial charge in [-0.1, -0.05) is 322 Å². The highest BCUT2D eigenvalue weighted by molar-refractivity contribution is 8.02. The molecule has 14 aromatic rings. The highest BCUT2D eigenvalue weighted by Gasteiger charge is 2.42. The van der Waals surface area contributed by atoms with Crippen molar-refractivity contribution in [2.24, 2.45) is 0 Å². The monoisotopic (exact) mass is 1160 g/mol. The van der Waals surface area contributed by atoms with Gasteiger partial charge in [0, 0.05) is 58.7 Å². The third-order valence-corrected chi connectivity index (χ3v) is 24.8. The standard InChI is InChI=1S/2C26H15BS2.C22H13BS2/c1-3-9-18-16(7-1)13-14-21-25(18)29-23-15-17-8-2-4-10-19(17)26-24(23)27(21)20-11-5-6-12-22(20)28-26;1-3-9-18-16(7-1)13-14-21-25(18)29-26-19-10-4-2-8-17(19)15-23-24(26)27(21)20-11-5-6-12-22(20)28-23;1-2-8-15-14(7-1)13-20-21-22(15)25-19-12-6-4-10-17(19)23(21)16-9-3-5-11-18(16)24-20/h2*1-15H;1-13H. The van der Waals surface area contributed by atoms with Gasteiger partial charge < -0.3 is 0 Å². The summed E-state index contributed by atoms with van der Waals surface area (Å²) in [7, 11) is 0. The van der Waals surface area contributed by atoms with Crippen LogP contribution in [0, 0.1) is 0 Å². The van der Waals surface area contributed by atoms with E-state index >= 15 is 0 Å². The summed E-state index contributed by atoms with van der Waals surface area (Å²) in [6, 6.07) is 96.4. The molecule has 0 spiro atoms. The highest BCUT2D eigenvalue weighted by atomic mass is 32.2. The van der Waals surface area contributed by atoms with Crippen LogP contribution in [-0.2, 0) is 0 Å². The Kier molecular flexibility index (Phi) is 11.6. The first-order valence-corrected chi connectivity index (χ1v) is 33.2. The molecule has 0 fully saturated rings. The molecule has 0 saturated heterocycles. The second-order valence-corrected chi connectivity index (χ2v) is 28.3. The van der Waals surface area contributed by atoms with Crippen molar-refractivity contribution in [3.05, 3.63) is 261 Å². The average Bonchev–Trinajstić information content (AvgIpc) is 3.70. The number of rotatable bonds is 0. The predicted octanol–water partition coefficient (Wildman–Crippen LogP) is 15.2. The first-order valence-electron chi connectivity index (χ1n) is 28.3. The fourth-order valence-electron chi connectivity index (χ4n) is 13.9. The second-order valence-electron chi connectivity index (χ2n) is 22.0. The molecular weight excluding hydrogens is 1110 g/mol. The van der Waals surface area contributed by atoms with Crippen LogP contribution < -0.4 is 49.2 Å². The van der Waals surface area contributed by atoms with E-state index in [0.29, 0.717) is 20.1 Å². The van der Waals surface area contributed by atoms with E-state index in [2.05, 4.69) is 261 Å². The number of fused-ring (bicyclic) bond motifs is 22. The number of hydrogen-bond acceptors (Lipinski definition) is 6. The van der Waals surface area contributed by atoms with E-state index < -0.39 is 0 Å². The summed E-state index contributed by atoms with van der Waals surface area (Å²) in [6.07, 6.45) is 0. The molecule has 0 atom stereocenters. The Morgan fingerprint density at radius 3 is 0.843 bits per heavy atom. The summed E-state index contributed by atoms with van der Waals surface area (Å²) >= 11 is 11.7. The number of hydrogen-bond donors (Lipinski definition) is 0. The van der Waals surface area contributed by atoms with Gasteiger partial charge in [0.25, 0.3) is 0 Å². The smallest absolute Gasteiger partial charge is 0.0911 e. The summed E-state index contributed by atoms with van der Waals surface area (Å²) in [4.78, 5) is 17.0. The zero-order chi connectivity index (χ0) is 54.3. The molecule has 20 rings (SSSR count). The fourth-order valence-corrected chi connectivity index (χ4v) is 21.9. The third-order valence-electron chi connectivity index (χ3n) is 17.5. The Morgan fingerprint density at radius 1 is 0.181 bits per heavy atom. The van der Waals surface area contributed by atoms with E-state index in [1.807, 2.05) is 70.6 Å². The Balaban J connectivity index is 0.0000000954. The lowest BCUT2D eigenvalue weighted by Crippen LogP contribution is -2.58. The topological polar surface area (TPSA) is 0 Å². The van der Waals surface area contributed by atoms with Crippen LogP contribution in [0.15, 0.2) is 320 Å². The molecule has 0 bridgehead atoms. The molecule has 0 saturated carbocycles. The van der Waals surface area contributed by atoms with Gasteiger partial charge in [-0.2, -0.15) is 0 Å². The van der Waals surface area contributed by atoms with Gasteiger partial charge in [-0.05, 0) is 113 Å². The quantitative estimate of drug-likeness (QED) is 0.138. The van der Waals surface area contributed by atoms with Crippen LogP contribution in [-0.4, -0.2) is 20.1 Å². The zero-order valence-corrected chi connectivity index (χ0v) is 49.4. The van der Waals surface area contributed by atoms with Crippen molar-refractivity contribution in [3.63, 3.8) is 0 Å². The van der Waals surface area contributed by atoms with Gasteiger partial charge in [0.05, 0.1) is 0 Å². The Morgan fingerprint density at radius 2 is 0.446 bits per heavy atom. The lowest BCUT2D eigenvalue weighted by Gasteiger charge is -2.34. The van der Waals surface area contributed by atoms with E-state index in [1.54, 1.807) is 0 Å². The minimum atomic E-state index is 0.308. The van der Waals surface area contributed by atoms with Crippen molar-refractivity contribution in [2.75, 3.05) is 0 Å². The van der Waals surface area contributed by atoms with Crippen LogP contribution in [0.2, 0.25) is 0 Å². The van der Waals surface area contributed by atoms with Crippen LogP contribution >= 0.6 is 70.6 Å². The molecule has 0 unspecified atom stereocenters. The second kappa shape index (κ2) is 19.6. The third kappa shape index (κ3) is 7.74. The van der Waals surface area contributed by atoms with E-state index in [-0.39, 0.29) is 0 Å². The van der Waals surface area contributed by atoms with Crippen molar-refractivity contribution in [1.29, 1.82) is 0 Å². The Hall–Kier alpha value is -7.33. The average molecular weight is 1160 g/mol. The maximum absolute atomic E-state index is 2.41. The molecule has 9 heteroatoms. The minimum Gasteiger partial charge on any atom is -0.0911 e. The first-order chi connectivity index (χ1) is 41.2. The lowest BCUT2D eigenvalue weighted by atomic mass is 9.36. The Labute approximate surface area is 508 Å². The van der Waals surface area contributed by atoms with Crippen LogP contribution in [0.25, 0.3) is 53.9 Å². The molecular formula is C74H43B3S6. The molecule has 0 N–H and O–H groups in total. The van der Waals surface area contributed by atoms with Crippen molar-refractivity contribution >= 4 is 194 Å². The lowest BCUT2D eigenvalue weighted by molar-refractivity contribution is 1.37. The summed E-state index contributed by atoms with van der Waals surface area (Å²) < 4.78 is 0. The SMILES string of the molecule is c1ccc2c(c1)Sc1c3c(cc4ccccc14)Sc1c(ccc4ccccc14)B23.c1ccc2c(c1)Sc1cc3ccccc3c3c1B2c1ccc2ccccc2c1S3.c1ccc2c(c1)Sc1cc3ccccc3c3c1B2c1ccccc1S3. The van der Waals surface area contributed by atoms with Gasteiger partial charge in [0.2, 0.25) is 20.1 Å². The first kappa shape index (κ1) is 49.1. The van der Waals surface area contributed by atoms with Gasteiger partial charge in [0.15, 0.2) is 0 Å². The van der Waals surface area contributed by atoms with Crippen LogP contribution in [0.4, 0.5) is 0 Å². The molecule has 6 heterocycles. The summed E-state index contributed by atoms with van der Waals surface area (Å²) in [5.41, 5.74) is 13.2. The highest BCUT2D eigenvalue weighted by Crippen LogP contribution is 2.47. The van der Waals surface area contributed by atoms with Gasteiger partial charge in [-0.15, -0.1) is 0 Å². The summed E-state index contributed by atoms with van der Waals surface area (Å²) in [6.45, 7) is 0.968. The van der Waals surface area contributed by atoms with E-state index in [9.17, 15) is 0 Å². The molecule has 83 heavy (non-hydrogen) atoms. The van der Waals surface area contributed by atoms with Crippen LogP contribution in [0.1, 0.15) is 0 Å². The van der Waals surface area contributed by atoms with Crippen LogP contribution in [0.5, 0.6) is 0 Å².